The van der Waals surface area contributed by atoms with Gasteiger partial charge in [0.2, 0.25) is 5.91 Å². The molecule has 2 unspecified atom stereocenters. The van der Waals surface area contributed by atoms with Crippen LogP contribution >= 0.6 is 11.8 Å². The van der Waals surface area contributed by atoms with E-state index in [9.17, 15) is 4.79 Å². The van der Waals surface area contributed by atoms with E-state index < -0.39 is 0 Å². The molecule has 0 aromatic carbocycles. The molecular weight excluding hydrogens is 220 g/mol. The summed E-state index contributed by atoms with van der Waals surface area (Å²) in [7, 11) is 0. The fraction of sp³-hybridized carbons (Fsp3) is 0.917. The average Bonchev–Trinajstić information content (AvgIpc) is 2.27. The predicted molar refractivity (Wildman–Crippen MR) is 70.8 cm³/mol. The standard InChI is InChI=1S/C12H24N2OS/c1-4-16-8-10(2)14-11(15)12(3)6-5-7-13-9-12/h10,13H,4-9H2,1-3H3,(H,14,15). The fourth-order valence-corrected chi connectivity index (χ4v) is 2.66. The van der Waals surface area contributed by atoms with E-state index in [0.717, 1.165) is 37.4 Å². The highest BCUT2D eigenvalue weighted by Crippen LogP contribution is 2.25. The molecule has 2 N–H and O–H groups in total. The lowest BCUT2D eigenvalue weighted by Crippen LogP contribution is -2.51. The molecule has 4 heteroatoms. The van der Waals surface area contributed by atoms with Gasteiger partial charge in [0.1, 0.15) is 0 Å². The first-order valence-corrected chi connectivity index (χ1v) is 7.33. The minimum Gasteiger partial charge on any atom is -0.352 e. The smallest absolute Gasteiger partial charge is 0.227 e. The van der Waals surface area contributed by atoms with Gasteiger partial charge in [0.05, 0.1) is 5.41 Å². The van der Waals surface area contributed by atoms with Crippen LogP contribution in [0.5, 0.6) is 0 Å². The number of rotatable bonds is 5. The normalized spacial score (nSPS) is 27.4. The first-order chi connectivity index (χ1) is 7.58. The average molecular weight is 244 g/mol. The van der Waals surface area contributed by atoms with Gasteiger partial charge in [-0.05, 0) is 39.0 Å². The Morgan fingerprint density at radius 2 is 2.38 bits per heavy atom. The number of hydrogen-bond acceptors (Lipinski definition) is 3. The highest BCUT2D eigenvalue weighted by molar-refractivity contribution is 7.99. The van der Waals surface area contributed by atoms with Gasteiger partial charge >= 0.3 is 0 Å². The second-order valence-corrected chi connectivity index (χ2v) is 6.19. The Bertz CT molecular complexity index is 227. The summed E-state index contributed by atoms with van der Waals surface area (Å²) >= 11 is 1.87. The molecule has 94 valence electrons. The van der Waals surface area contributed by atoms with Crippen molar-refractivity contribution in [3.63, 3.8) is 0 Å². The van der Waals surface area contributed by atoms with Crippen molar-refractivity contribution in [1.29, 1.82) is 0 Å². The van der Waals surface area contributed by atoms with Crippen LogP contribution in [0.15, 0.2) is 0 Å². The van der Waals surface area contributed by atoms with Crippen molar-refractivity contribution in [1.82, 2.24) is 10.6 Å². The number of hydrogen-bond donors (Lipinski definition) is 2. The second-order valence-electron chi connectivity index (χ2n) is 4.87. The molecule has 0 saturated carbocycles. The Labute approximate surface area is 103 Å². The van der Waals surface area contributed by atoms with Crippen molar-refractivity contribution in [3.05, 3.63) is 0 Å². The van der Waals surface area contributed by atoms with Crippen LogP contribution in [-0.2, 0) is 4.79 Å². The highest BCUT2D eigenvalue weighted by Gasteiger charge is 2.34. The molecule has 1 heterocycles. The van der Waals surface area contributed by atoms with Gasteiger partial charge in [0.15, 0.2) is 0 Å². The van der Waals surface area contributed by atoms with Crippen molar-refractivity contribution in [2.45, 2.75) is 39.7 Å². The van der Waals surface area contributed by atoms with Gasteiger partial charge in [-0.1, -0.05) is 6.92 Å². The summed E-state index contributed by atoms with van der Waals surface area (Å²) in [4.78, 5) is 12.1. The van der Waals surface area contributed by atoms with Gasteiger partial charge in [0, 0.05) is 18.3 Å². The molecule has 3 nitrogen and oxygen atoms in total. The quantitative estimate of drug-likeness (QED) is 0.772. The van der Waals surface area contributed by atoms with E-state index in [2.05, 4.69) is 31.4 Å². The van der Waals surface area contributed by atoms with E-state index in [1.54, 1.807) is 0 Å². The van der Waals surface area contributed by atoms with Gasteiger partial charge in [-0.3, -0.25) is 4.79 Å². The number of amides is 1. The molecule has 2 atom stereocenters. The molecule has 1 saturated heterocycles. The van der Waals surface area contributed by atoms with Crippen molar-refractivity contribution in [2.24, 2.45) is 5.41 Å². The molecule has 1 rings (SSSR count). The molecule has 0 radical (unpaired) electrons. The Kier molecular flexibility index (Phi) is 5.62. The van der Waals surface area contributed by atoms with Crippen molar-refractivity contribution >= 4 is 17.7 Å². The van der Waals surface area contributed by atoms with Crippen LogP contribution in [0.4, 0.5) is 0 Å². The largest absolute Gasteiger partial charge is 0.352 e. The first kappa shape index (κ1) is 13.8. The summed E-state index contributed by atoms with van der Waals surface area (Å²) in [5, 5.41) is 6.43. The summed E-state index contributed by atoms with van der Waals surface area (Å²) in [6.07, 6.45) is 2.10. The molecule has 1 fully saturated rings. The maximum absolute atomic E-state index is 12.1. The van der Waals surface area contributed by atoms with Crippen LogP contribution in [0.1, 0.15) is 33.6 Å². The molecule has 16 heavy (non-hydrogen) atoms. The van der Waals surface area contributed by atoms with E-state index in [4.69, 9.17) is 0 Å². The van der Waals surface area contributed by atoms with E-state index >= 15 is 0 Å². The predicted octanol–water partition coefficient (Wildman–Crippen LogP) is 1.63. The van der Waals surface area contributed by atoms with Crippen molar-refractivity contribution in [3.8, 4) is 0 Å². The van der Waals surface area contributed by atoms with E-state index in [1.165, 1.54) is 0 Å². The third-order valence-corrected chi connectivity index (χ3v) is 4.24. The van der Waals surface area contributed by atoms with Crippen LogP contribution in [-0.4, -0.2) is 36.5 Å². The number of carbonyl (C=O) groups is 1. The lowest BCUT2D eigenvalue weighted by atomic mass is 9.82. The van der Waals surface area contributed by atoms with Gasteiger partial charge in [-0.2, -0.15) is 11.8 Å². The molecular formula is C12H24N2OS. The summed E-state index contributed by atoms with van der Waals surface area (Å²) in [6.45, 7) is 8.15. The SMILES string of the molecule is CCSCC(C)NC(=O)C1(C)CCCNC1. The topological polar surface area (TPSA) is 41.1 Å². The zero-order chi connectivity index (χ0) is 12.0. The lowest BCUT2D eigenvalue weighted by Gasteiger charge is -2.33. The van der Waals surface area contributed by atoms with Crippen LogP contribution < -0.4 is 10.6 Å². The number of piperidine rings is 1. The summed E-state index contributed by atoms with van der Waals surface area (Å²) in [6, 6.07) is 0.274. The van der Waals surface area contributed by atoms with Crippen molar-refractivity contribution < 1.29 is 4.79 Å². The van der Waals surface area contributed by atoms with Crippen LogP contribution in [0.25, 0.3) is 0 Å². The number of carbonyl (C=O) groups excluding carboxylic acids is 1. The molecule has 1 aliphatic rings. The second kappa shape index (κ2) is 6.50. The lowest BCUT2D eigenvalue weighted by molar-refractivity contribution is -0.131. The fourth-order valence-electron chi connectivity index (χ4n) is 1.98. The molecule has 0 aromatic heterocycles. The minimum absolute atomic E-state index is 0.205. The van der Waals surface area contributed by atoms with E-state index in [-0.39, 0.29) is 17.4 Å². The summed E-state index contributed by atoms with van der Waals surface area (Å²) in [5.41, 5.74) is -0.205. The number of thioether (sulfide) groups is 1. The molecule has 0 aliphatic carbocycles. The van der Waals surface area contributed by atoms with Gasteiger partial charge in [-0.25, -0.2) is 0 Å². The maximum Gasteiger partial charge on any atom is 0.227 e. The molecule has 1 aliphatic heterocycles. The first-order valence-electron chi connectivity index (χ1n) is 6.18. The zero-order valence-electron chi connectivity index (χ0n) is 10.6. The molecule has 0 spiro atoms. The third kappa shape index (κ3) is 3.98. The Hall–Kier alpha value is -0.220. The van der Waals surface area contributed by atoms with Crippen LogP contribution in [0.3, 0.4) is 0 Å². The summed E-state index contributed by atoms with van der Waals surface area (Å²) in [5.74, 6) is 2.33. The van der Waals surface area contributed by atoms with Gasteiger partial charge in [-0.15, -0.1) is 0 Å². The molecule has 0 aromatic rings. The zero-order valence-corrected chi connectivity index (χ0v) is 11.5. The van der Waals surface area contributed by atoms with Crippen LogP contribution in [0.2, 0.25) is 0 Å². The van der Waals surface area contributed by atoms with Gasteiger partial charge < -0.3 is 10.6 Å². The Morgan fingerprint density at radius 3 is 2.94 bits per heavy atom. The molecule has 0 bridgehead atoms. The van der Waals surface area contributed by atoms with E-state index in [1.807, 2.05) is 11.8 Å². The summed E-state index contributed by atoms with van der Waals surface area (Å²) < 4.78 is 0. The maximum atomic E-state index is 12.1. The highest BCUT2D eigenvalue weighted by atomic mass is 32.2. The Balaban J connectivity index is 2.38. The Morgan fingerprint density at radius 1 is 1.62 bits per heavy atom. The van der Waals surface area contributed by atoms with E-state index in [0.29, 0.717) is 0 Å². The minimum atomic E-state index is -0.205. The third-order valence-electron chi connectivity index (χ3n) is 3.09. The molecule has 1 amide bonds. The monoisotopic (exact) mass is 244 g/mol. The number of nitrogens with one attached hydrogen (secondary N) is 2. The van der Waals surface area contributed by atoms with Crippen LogP contribution in [0, 0.1) is 5.41 Å². The van der Waals surface area contributed by atoms with Gasteiger partial charge in [0.25, 0.3) is 0 Å². The van der Waals surface area contributed by atoms with Crippen molar-refractivity contribution in [2.75, 3.05) is 24.6 Å².